The zero-order chi connectivity index (χ0) is 30.7. The Labute approximate surface area is 270 Å². The number of thiol groups is 1. The molecule has 1 unspecified atom stereocenters. The van der Waals surface area contributed by atoms with Crippen LogP contribution in [0.25, 0.3) is 0 Å². The molecule has 0 aromatic carbocycles. The highest BCUT2D eigenvalue weighted by Gasteiger charge is 2.24. The molecule has 0 aliphatic rings. The molecule has 0 fully saturated rings. The number of amides is 3. The van der Waals surface area contributed by atoms with Crippen molar-refractivity contribution >= 4 is 102 Å². The first-order valence-corrected chi connectivity index (χ1v) is 19.7. The van der Waals surface area contributed by atoms with Crippen LogP contribution in [-0.2, 0) is 28.2 Å². The Morgan fingerprint density at radius 2 is 1.56 bits per heavy atom. The van der Waals surface area contributed by atoms with Gasteiger partial charge in [0.05, 0.1) is 19.2 Å². The smallest absolute Gasteiger partial charge is 0.407 e. The lowest BCUT2D eigenvalue weighted by atomic mass is 9.40. The van der Waals surface area contributed by atoms with Gasteiger partial charge in [0, 0.05) is 60.3 Å². The van der Waals surface area contributed by atoms with E-state index in [4.69, 9.17) is 15.0 Å². The summed E-state index contributed by atoms with van der Waals surface area (Å²) in [6.45, 7) is 1.77. The summed E-state index contributed by atoms with van der Waals surface area (Å²) in [5, 5.41) is 8.20. The number of ether oxygens (including phenoxy) is 1. The first kappa shape index (κ1) is 40.8. The van der Waals surface area contributed by atoms with E-state index in [2.05, 4.69) is 31.6 Å². The summed E-state index contributed by atoms with van der Waals surface area (Å²) in [4.78, 5) is 47.1. The van der Waals surface area contributed by atoms with E-state index in [-0.39, 0.29) is 37.8 Å². The van der Waals surface area contributed by atoms with E-state index < -0.39 is 26.4 Å². The first-order valence-electron chi connectivity index (χ1n) is 13.5. The van der Waals surface area contributed by atoms with Gasteiger partial charge in [0.1, 0.15) is 12.3 Å². The van der Waals surface area contributed by atoms with Gasteiger partial charge in [-0.05, 0) is 25.7 Å². The van der Waals surface area contributed by atoms with Crippen LogP contribution in [0.1, 0.15) is 57.8 Å². The predicted octanol–water partition coefficient (Wildman–Crippen LogP) is 2.36. The Bertz CT molecular complexity index is 793. The molecule has 0 aromatic rings. The number of hydrogen-bond acceptors (Lipinski definition) is 11. The van der Waals surface area contributed by atoms with Gasteiger partial charge >= 0.3 is 13.1 Å². The molecule has 236 valence electrons. The first-order chi connectivity index (χ1) is 19.6. The zero-order valence-corrected chi connectivity index (χ0v) is 28.8. The maximum absolute atomic E-state index is 13.1. The minimum Gasteiger partial charge on any atom is -0.448 e. The molecule has 6 N–H and O–H groups in total. The van der Waals surface area contributed by atoms with Crippen LogP contribution in [0, 0.1) is 0 Å². The fourth-order valence-electron chi connectivity index (χ4n) is 3.08. The number of unbranched alkanes of at least 4 members (excludes halogenated alkanes) is 5. The van der Waals surface area contributed by atoms with Gasteiger partial charge in [-0.25, -0.2) is 4.79 Å². The number of alkyl carbamates (subject to hydrolysis) is 1. The fraction of sp³-hybridized carbons (Fsp3) is 0.810. The normalized spacial score (nSPS) is 12.2. The topological polar surface area (TPSA) is 178 Å². The van der Waals surface area contributed by atoms with Crippen molar-refractivity contribution < 1.29 is 37.3 Å². The van der Waals surface area contributed by atoms with Crippen molar-refractivity contribution in [2.24, 2.45) is 5.73 Å². The average molecular weight is 771 g/mol. The van der Waals surface area contributed by atoms with E-state index in [1.165, 1.54) is 21.6 Å². The Hall–Kier alpha value is -0.170. The van der Waals surface area contributed by atoms with Gasteiger partial charge in [-0.15, -0.1) is 0 Å². The van der Waals surface area contributed by atoms with Crippen molar-refractivity contribution in [2.45, 2.75) is 63.8 Å². The third-order valence-corrected chi connectivity index (χ3v) is 9.24. The summed E-state index contributed by atoms with van der Waals surface area (Å²) in [6, 6.07) is -0.732. The summed E-state index contributed by atoms with van der Waals surface area (Å²) in [5.74, 6) is 0.748. The fourth-order valence-corrected chi connectivity index (χ4v) is 6.04. The summed E-state index contributed by atoms with van der Waals surface area (Å²) >= 11 is 5.34. The lowest BCUT2D eigenvalue weighted by Gasteiger charge is -2.09. The van der Waals surface area contributed by atoms with Crippen molar-refractivity contribution in [3.05, 3.63) is 0 Å². The average Bonchev–Trinajstić information content (AvgIpc) is 2.93. The summed E-state index contributed by atoms with van der Waals surface area (Å²) in [6.07, 6.45) is 5.81. The zero-order valence-electron chi connectivity index (χ0n) is 23.1. The summed E-state index contributed by atoms with van der Waals surface area (Å²) in [5.41, 5.74) is 5.41. The Balaban J connectivity index is 3.52. The van der Waals surface area contributed by atoms with E-state index in [9.17, 15) is 28.1 Å². The monoisotopic (exact) mass is 771 g/mol. The van der Waals surface area contributed by atoms with Crippen molar-refractivity contribution in [1.29, 1.82) is 0 Å². The number of hydrogen-bond donors (Lipinski definition) is 6. The van der Waals surface area contributed by atoms with Crippen LogP contribution in [-0.4, -0.2) is 88.2 Å². The third-order valence-electron chi connectivity index (χ3n) is 5.28. The van der Waals surface area contributed by atoms with Gasteiger partial charge in [0.15, 0.2) is 0 Å². The molecule has 0 aliphatic carbocycles. The molecule has 41 heavy (non-hydrogen) atoms. The van der Waals surface area contributed by atoms with Crippen LogP contribution in [0.15, 0.2) is 0 Å². The van der Waals surface area contributed by atoms with Crippen molar-refractivity contribution in [3.63, 3.8) is 0 Å². The highest BCUT2D eigenvalue weighted by molar-refractivity contribution is 14.1. The quantitative estimate of drug-likeness (QED) is 0.0138. The molecule has 0 saturated carbocycles. The maximum atomic E-state index is 13.1. The lowest BCUT2D eigenvalue weighted by Crippen LogP contribution is -2.44. The third kappa shape index (κ3) is 28.4. The maximum Gasteiger partial charge on any atom is 0.407 e. The minimum atomic E-state index is -2.16. The molecular formula is C21H42B2FIN5O7PS3. The molecule has 0 spiro atoms. The van der Waals surface area contributed by atoms with Gasteiger partial charge in [-0.2, -0.15) is 0 Å². The molecule has 0 aliphatic heterocycles. The van der Waals surface area contributed by atoms with Crippen molar-refractivity contribution in [3.8, 4) is 0 Å². The van der Waals surface area contributed by atoms with Crippen LogP contribution >= 0.6 is 63.9 Å². The lowest BCUT2D eigenvalue weighted by molar-refractivity contribution is -0.122. The molecule has 0 bridgehead atoms. The number of rotatable bonds is 27. The van der Waals surface area contributed by atoms with Crippen LogP contribution in [0.5, 0.6) is 0 Å². The number of carbonyl (C=O) groups is 4. The van der Waals surface area contributed by atoms with Gasteiger partial charge < -0.3 is 40.1 Å². The number of halogens is 2. The van der Waals surface area contributed by atoms with Gasteiger partial charge in [-0.1, -0.05) is 53.1 Å². The van der Waals surface area contributed by atoms with E-state index in [1.54, 1.807) is 22.9 Å². The number of carbonyl (C=O) groups excluding carboxylic acids is 4. The predicted molar refractivity (Wildman–Crippen MR) is 180 cm³/mol. The standard InChI is InChI=1S/C21H42B2FIN5O7PS3/c24-23(30-25)22-20(33)17(26)16-41-40-15-9-19(32)27-10-6-3-4-8-18(31)28-12-14-36-21(34)29-11-5-1-2-7-13-37-38(35)39/h17,22,30,38H,1-16,26H2,(H,27,32)(H,28,31)(H,29,34)(H,35,39)/t17-/m0/s1. The highest BCUT2D eigenvalue weighted by atomic mass is 127. The highest BCUT2D eigenvalue weighted by Crippen LogP contribution is 2.26. The molecule has 0 heterocycles. The Morgan fingerprint density at radius 3 is 2.27 bits per heavy atom. The summed E-state index contributed by atoms with van der Waals surface area (Å²) < 4.78 is 36.1. The minimum absolute atomic E-state index is 0.0657. The molecule has 2 atom stereocenters. The van der Waals surface area contributed by atoms with Gasteiger partial charge in [-0.3, -0.25) is 17.6 Å². The van der Waals surface area contributed by atoms with Gasteiger partial charge in [0.2, 0.25) is 26.2 Å². The Kier molecular flexibility index (Phi) is 28.5. The largest absolute Gasteiger partial charge is 0.448 e. The number of nitrogens with two attached hydrogens (primary N) is 1. The molecule has 0 aromatic heterocycles. The van der Waals surface area contributed by atoms with Crippen molar-refractivity contribution in [1.82, 2.24) is 19.4 Å². The molecule has 12 nitrogen and oxygen atoms in total. The molecule has 0 saturated heterocycles. The molecule has 0 rings (SSSR count). The van der Waals surface area contributed by atoms with E-state index in [1.807, 2.05) is 0 Å². The second-order valence-electron chi connectivity index (χ2n) is 8.81. The Morgan fingerprint density at radius 1 is 0.927 bits per heavy atom. The van der Waals surface area contributed by atoms with E-state index in [0.717, 1.165) is 38.5 Å². The second-order valence-corrected chi connectivity index (χ2v) is 14.0. The molecule has 20 heteroatoms. The van der Waals surface area contributed by atoms with Crippen molar-refractivity contribution in [2.75, 3.05) is 44.4 Å². The SMILES string of the molecule is N[C@@H](CSSCCC(=O)NCCCCCC(=O)NCCOC(=O)NCCCCCCO[PH](=O)S)C(=O)BB(F)NI. The van der Waals surface area contributed by atoms with Crippen LogP contribution in [0.4, 0.5) is 9.11 Å². The molecular weight excluding hydrogens is 729 g/mol. The molecule has 0 radical (unpaired) electrons. The summed E-state index contributed by atoms with van der Waals surface area (Å²) in [7, 11) is -0.996. The van der Waals surface area contributed by atoms with Crippen LogP contribution in [0.2, 0.25) is 0 Å². The van der Waals surface area contributed by atoms with E-state index in [0.29, 0.717) is 50.5 Å². The van der Waals surface area contributed by atoms with Crippen LogP contribution in [0.3, 0.4) is 0 Å². The van der Waals surface area contributed by atoms with Crippen LogP contribution < -0.4 is 25.1 Å². The van der Waals surface area contributed by atoms with Gasteiger partial charge in [0.25, 0.3) is 0 Å². The number of nitrogens with one attached hydrogen (secondary N) is 4. The molecule has 3 amide bonds. The second kappa shape index (κ2) is 28.6. The van der Waals surface area contributed by atoms with E-state index >= 15 is 0 Å².